The smallest absolute Gasteiger partial charge is 0.149 e. The molecule has 0 aromatic carbocycles. The topological polar surface area (TPSA) is 56.9 Å². The van der Waals surface area contributed by atoms with Crippen LogP contribution in [-0.4, -0.2) is 10.1 Å². The van der Waals surface area contributed by atoms with E-state index in [1.807, 2.05) is 6.07 Å². The van der Waals surface area contributed by atoms with Crippen LogP contribution < -0.4 is 0 Å². The number of hydrogen-bond donors (Lipinski definition) is 1. The van der Waals surface area contributed by atoms with Gasteiger partial charge in [-0.3, -0.25) is 0 Å². The fraction of sp³-hybridized carbons (Fsp3) is 0. The van der Waals surface area contributed by atoms with Crippen LogP contribution in [0.1, 0.15) is 5.56 Å². The third-order valence-corrected chi connectivity index (χ3v) is 1.56. The van der Waals surface area contributed by atoms with Crippen molar-refractivity contribution < 1.29 is 5.11 Å². The molecule has 0 bridgehead atoms. The third-order valence-electron chi connectivity index (χ3n) is 0.950. The molecule has 10 heavy (non-hydrogen) atoms. The Morgan fingerprint density at radius 2 is 2.40 bits per heavy atom. The Balaban J connectivity index is 3.20. The Labute approximate surface area is 66.1 Å². The van der Waals surface area contributed by atoms with Crippen molar-refractivity contribution in [2.45, 2.75) is 0 Å². The van der Waals surface area contributed by atoms with Gasteiger partial charge in [0.2, 0.25) is 0 Å². The highest BCUT2D eigenvalue weighted by Gasteiger charge is 1.98. The molecule has 0 unspecified atom stereocenters. The number of nitriles is 1. The summed E-state index contributed by atoms with van der Waals surface area (Å²) in [5.74, 6) is -0.0148. The Hall–Kier alpha value is -1.08. The largest absolute Gasteiger partial charge is 0.505 e. The standard InChI is InChI=1S/C6H3BrN2O/c7-6-5(10)1-4(2-8)3-9-6/h1,3,10H. The van der Waals surface area contributed by atoms with Crippen LogP contribution in [0.2, 0.25) is 0 Å². The first-order valence-corrected chi connectivity index (χ1v) is 3.28. The van der Waals surface area contributed by atoms with Crippen molar-refractivity contribution in [2.75, 3.05) is 0 Å². The molecule has 0 saturated heterocycles. The molecule has 3 nitrogen and oxygen atoms in total. The first kappa shape index (κ1) is 7.03. The lowest BCUT2D eigenvalue weighted by Crippen LogP contribution is -1.79. The number of aromatic nitrogens is 1. The van der Waals surface area contributed by atoms with Crippen LogP contribution >= 0.6 is 15.9 Å². The van der Waals surface area contributed by atoms with Crippen LogP contribution in [-0.2, 0) is 0 Å². The van der Waals surface area contributed by atoms with Gasteiger partial charge in [0.15, 0.2) is 0 Å². The van der Waals surface area contributed by atoms with E-state index in [-0.39, 0.29) is 5.75 Å². The van der Waals surface area contributed by atoms with E-state index in [9.17, 15) is 0 Å². The van der Waals surface area contributed by atoms with Crippen molar-refractivity contribution in [1.29, 1.82) is 5.26 Å². The van der Waals surface area contributed by atoms with E-state index in [1.165, 1.54) is 12.3 Å². The Kier molecular flexibility index (Phi) is 1.88. The average molecular weight is 199 g/mol. The lowest BCUT2D eigenvalue weighted by Gasteiger charge is -1.93. The molecule has 0 atom stereocenters. The van der Waals surface area contributed by atoms with Crippen molar-refractivity contribution in [2.24, 2.45) is 0 Å². The number of pyridine rings is 1. The average Bonchev–Trinajstić information content (AvgIpc) is 1.95. The zero-order valence-electron chi connectivity index (χ0n) is 4.87. The van der Waals surface area contributed by atoms with Gasteiger partial charge in [0.05, 0.1) is 5.56 Å². The fourth-order valence-corrected chi connectivity index (χ4v) is 0.714. The van der Waals surface area contributed by atoms with E-state index in [4.69, 9.17) is 10.4 Å². The second-order valence-corrected chi connectivity index (χ2v) is 2.40. The van der Waals surface area contributed by atoms with Crippen LogP contribution in [0, 0.1) is 11.3 Å². The summed E-state index contributed by atoms with van der Waals surface area (Å²) in [6.07, 6.45) is 1.38. The summed E-state index contributed by atoms with van der Waals surface area (Å²) in [6, 6.07) is 3.20. The second kappa shape index (κ2) is 2.67. The van der Waals surface area contributed by atoms with E-state index in [1.54, 1.807) is 0 Å². The highest BCUT2D eigenvalue weighted by atomic mass is 79.9. The highest BCUT2D eigenvalue weighted by molar-refractivity contribution is 9.10. The summed E-state index contributed by atoms with van der Waals surface area (Å²) < 4.78 is 0.353. The molecule has 0 radical (unpaired) electrons. The molecule has 0 aliphatic carbocycles. The fourth-order valence-electron chi connectivity index (χ4n) is 0.498. The second-order valence-electron chi connectivity index (χ2n) is 1.65. The maximum Gasteiger partial charge on any atom is 0.149 e. The lowest BCUT2D eigenvalue weighted by molar-refractivity contribution is 0.468. The maximum absolute atomic E-state index is 8.97. The molecule has 0 saturated carbocycles. The molecular weight excluding hydrogens is 196 g/mol. The van der Waals surface area contributed by atoms with Crippen LogP contribution in [0.25, 0.3) is 0 Å². The molecule has 0 fully saturated rings. The van der Waals surface area contributed by atoms with Gasteiger partial charge in [-0.15, -0.1) is 0 Å². The predicted octanol–water partition coefficient (Wildman–Crippen LogP) is 1.42. The number of rotatable bonds is 0. The van der Waals surface area contributed by atoms with Gasteiger partial charge in [0.25, 0.3) is 0 Å². The molecule has 1 aromatic heterocycles. The maximum atomic E-state index is 8.97. The Bertz CT molecular complexity index is 292. The number of aromatic hydroxyl groups is 1. The van der Waals surface area contributed by atoms with Gasteiger partial charge < -0.3 is 5.11 Å². The van der Waals surface area contributed by atoms with Crippen molar-refractivity contribution in [3.63, 3.8) is 0 Å². The molecule has 4 heteroatoms. The van der Waals surface area contributed by atoms with E-state index in [2.05, 4.69) is 20.9 Å². The normalized spacial score (nSPS) is 8.80. The van der Waals surface area contributed by atoms with Gasteiger partial charge in [-0.05, 0) is 15.9 Å². The summed E-state index contributed by atoms with van der Waals surface area (Å²) >= 11 is 2.99. The molecule has 1 rings (SSSR count). The van der Waals surface area contributed by atoms with Gasteiger partial charge in [-0.25, -0.2) is 4.98 Å². The molecule has 0 amide bonds. The number of hydrogen-bond acceptors (Lipinski definition) is 3. The van der Waals surface area contributed by atoms with E-state index < -0.39 is 0 Å². The summed E-state index contributed by atoms with van der Waals surface area (Å²) in [4.78, 5) is 3.69. The van der Waals surface area contributed by atoms with E-state index >= 15 is 0 Å². The molecular formula is C6H3BrN2O. The van der Waals surface area contributed by atoms with E-state index in [0.29, 0.717) is 10.2 Å². The molecule has 1 heterocycles. The van der Waals surface area contributed by atoms with Crippen molar-refractivity contribution in [3.05, 3.63) is 22.4 Å². The summed E-state index contributed by atoms with van der Waals surface area (Å²) in [5.41, 5.74) is 0.348. The van der Waals surface area contributed by atoms with Gasteiger partial charge in [0.1, 0.15) is 16.4 Å². The number of nitrogens with zero attached hydrogens (tertiary/aromatic N) is 2. The van der Waals surface area contributed by atoms with Crippen molar-refractivity contribution >= 4 is 15.9 Å². The zero-order valence-corrected chi connectivity index (χ0v) is 6.46. The van der Waals surface area contributed by atoms with Crippen LogP contribution in [0.3, 0.4) is 0 Å². The molecule has 1 N–H and O–H groups in total. The SMILES string of the molecule is N#Cc1cnc(Br)c(O)c1. The zero-order chi connectivity index (χ0) is 7.56. The van der Waals surface area contributed by atoms with E-state index in [0.717, 1.165) is 0 Å². The molecule has 0 aliphatic heterocycles. The Morgan fingerprint density at radius 1 is 1.70 bits per heavy atom. The molecule has 0 aliphatic rings. The Morgan fingerprint density at radius 3 is 2.90 bits per heavy atom. The molecule has 1 aromatic rings. The number of halogens is 1. The minimum Gasteiger partial charge on any atom is -0.505 e. The van der Waals surface area contributed by atoms with Crippen LogP contribution in [0.5, 0.6) is 5.75 Å². The molecule has 0 spiro atoms. The summed E-state index contributed by atoms with van der Waals surface area (Å²) in [7, 11) is 0. The quantitative estimate of drug-likeness (QED) is 0.642. The van der Waals surface area contributed by atoms with Gasteiger partial charge in [-0.1, -0.05) is 0 Å². The van der Waals surface area contributed by atoms with Gasteiger partial charge in [-0.2, -0.15) is 5.26 Å². The minimum absolute atomic E-state index is 0.0148. The monoisotopic (exact) mass is 198 g/mol. The highest BCUT2D eigenvalue weighted by Crippen LogP contribution is 2.20. The van der Waals surface area contributed by atoms with Crippen molar-refractivity contribution in [3.8, 4) is 11.8 Å². The first-order chi connectivity index (χ1) is 4.74. The lowest BCUT2D eigenvalue weighted by atomic mass is 10.3. The van der Waals surface area contributed by atoms with Crippen LogP contribution in [0.4, 0.5) is 0 Å². The minimum atomic E-state index is -0.0148. The van der Waals surface area contributed by atoms with Crippen LogP contribution in [0.15, 0.2) is 16.9 Å². The predicted molar refractivity (Wildman–Crippen MR) is 38.3 cm³/mol. The summed E-state index contributed by atoms with van der Waals surface area (Å²) in [6.45, 7) is 0. The van der Waals surface area contributed by atoms with Gasteiger partial charge >= 0.3 is 0 Å². The van der Waals surface area contributed by atoms with Crippen molar-refractivity contribution in [1.82, 2.24) is 4.98 Å². The van der Waals surface area contributed by atoms with Gasteiger partial charge in [0, 0.05) is 12.3 Å². The third kappa shape index (κ3) is 1.25. The molecule has 50 valence electrons. The first-order valence-electron chi connectivity index (χ1n) is 2.48. The summed E-state index contributed by atoms with van der Waals surface area (Å²) in [5, 5.41) is 17.3.